The van der Waals surface area contributed by atoms with Crippen LogP contribution in [0.1, 0.15) is 54.7 Å². The van der Waals surface area contributed by atoms with Crippen molar-refractivity contribution in [2.24, 2.45) is 0 Å². The molecule has 1 atom stereocenters. The highest BCUT2D eigenvalue weighted by atomic mass is 16.3. The van der Waals surface area contributed by atoms with E-state index < -0.39 is 5.60 Å². The Morgan fingerprint density at radius 1 is 1.08 bits per heavy atom. The molecule has 0 radical (unpaired) electrons. The number of rotatable bonds is 6. The predicted molar refractivity (Wildman–Crippen MR) is 95.0 cm³/mol. The molecule has 2 aromatic rings. The minimum Gasteiger partial charge on any atom is -0.508 e. The molecule has 0 aromatic heterocycles. The number of hydrogen-bond acceptors (Lipinski definition) is 3. The fraction of sp³-hybridized carbons (Fsp3) is 0.350. The molecule has 0 aliphatic heterocycles. The Kier molecular flexibility index (Phi) is 5.62. The standard InChI is InChI=1S/C20H25NO3/c1-14(16-8-10-18(22)11-9-16)21-19(23)17-6-4-15(5-7-17)12-13-20(2,3)24/h4-11,14,22,24H,12-13H2,1-3H3,(H,21,23). The van der Waals surface area contributed by atoms with Crippen molar-refractivity contribution in [2.45, 2.75) is 45.3 Å². The predicted octanol–water partition coefficient (Wildman–Crippen LogP) is 3.59. The molecule has 0 bridgehead atoms. The van der Waals surface area contributed by atoms with Crippen LogP contribution in [0.3, 0.4) is 0 Å². The second-order valence-corrected chi connectivity index (χ2v) is 6.80. The maximum Gasteiger partial charge on any atom is 0.251 e. The summed E-state index contributed by atoms with van der Waals surface area (Å²) >= 11 is 0. The van der Waals surface area contributed by atoms with Gasteiger partial charge >= 0.3 is 0 Å². The molecule has 24 heavy (non-hydrogen) atoms. The topological polar surface area (TPSA) is 69.6 Å². The maximum atomic E-state index is 12.3. The molecule has 4 nitrogen and oxygen atoms in total. The number of carbonyl (C=O) groups excluding carboxylic acids is 1. The summed E-state index contributed by atoms with van der Waals surface area (Å²) in [5, 5.41) is 22.0. The van der Waals surface area contributed by atoms with Gasteiger partial charge in [0.05, 0.1) is 11.6 Å². The van der Waals surface area contributed by atoms with Crippen LogP contribution in [0.2, 0.25) is 0 Å². The molecule has 0 heterocycles. The lowest BCUT2D eigenvalue weighted by molar-refractivity contribution is 0.0713. The van der Waals surface area contributed by atoms with Gasteiger partial charge in [-0.3, -0.25) is 4.79 Å². The summed E-state index contributed by atoms with van der Waals surface area (Å²) < 4.78 is 0. The number of amides is 1. The first-order valence-corrected chi connectivity index (χ1v) is 8.16. The Morgan fingerprint density at radius 3 is 2.21 bits per heavy atom. The van der Waals surface area contributed by atoms with Crippen molar-refractivity contribution in [3.8, 4) is 5.75 Å². The number of phenolic OH excluding ortho intramolecular Hbond substituents is 1. The minimum atomic E-state index is -0.685. The molecule has 0 spiro atoms. The second-order valence-electron chi connectivity index (χ2n) is 6.80. The van der Waals surface area contributed by atoms with E-state index in [-0.39, 0.29) is 17.7 Å². The van der Waals surface area contributed by atoms with Crippen LogP contribution < -0.4 is 5.32 Å². The Bertz CT molecular complexity index is 670. The van der Waals surface area contributed by atoms with E-state index in [2.05, 4.69) is 5.32 Å². The molecule has 4 heteroatoms. The van der Waals surface area contributed by atoms with Crippen molar-refractivity contribution in [3.63, 3.8) is 0 Å². The van der Waals surface area contributed by atoms with Gasteiger partial charge in [-0.1, -0.05) is 24.3 Å². The number of aromatic hydroxyl groups is 1. The largest absolute Gasteiger partial charge is 0.508 e. The summed E-state index contributed by atoms with van der Waals surface area (Å²) in [6.45, 7) is 5.49. The maximum absolute atomic E-state index is 12.3. The normalized spacial score (nSPS) is 12.7. The number of carbonyl (C=O) groups is 1. The summed E-state index contributed by atoms with van der Waals surface area (Å²) in [7, 11) is 0. The smallest absolute Gasteiger partial charge is 0.251 e. The molecule has 1 amide bonds. The van der Waals surface area contributed by atoms with Gasteiger partial charge in [0, 0.05) is 5.56 Å². The summed E-state index contributed by atoms with van der Waals surface area (Å²) in [5.41, 5.74) is 1.95. The zero-order valence-corrected chi connectivity index (χ0v) is 14.4. The van der Waals surface area contributed by atoms with Crippen LogP contribution in [0.4, 0.5) is 0 Å². The molecule has 3 N–H and O–H groups in total. The molecule has 1 unspecified atom stereocenters. The Hall–Kier alpha value is -2.33. The molecular weight excluding hydrogens is 302 g/mol. The van der Waals surface area contributed by atoms with Crippen LogP contribution in [0.15, 0.2) is 48.5 Å². The van der Waals surface area contributed by atoms with Crippen molar-refractivity contribution < 1.29 is 15.0 Å². The van der Waals surface area contributed by atoms with E-state index in [0.29, 0.717) is 12.0 Å². The highest BCUT2D eigenvalue weighted by Gasteiger charge is 2.14. The molecule has 128 valence electrons. The molecule has 0 saturated heterocycles. The quantitative estimate of drug-likeness (QED) is 0.759. The van der Waals surface area contributed by atoms with Gasteiger partial charge in [0.25, 0.3) is 5.91 Å². The lowest BCUT2D eigenvalue weighted by Gasteiger charge is -2.17. The first-order valence-electron chi connectivity index (χ1n) is 8.16. The molecule has 0 fully saturated rings. The molecule has 0 aliphatic carbocycles. The van der Waals surface area contributed by atoms with Gasteiger partial charge in [0.15, 0.2) is 0 Å². The van der Waals surface area contributed by atoms with E-state index in [1.807, 2.05) is 19.1 Å². The molecule has 2 rings (SSSR count). The molecule has 0 aliphatic rings. The average Bonchev–Trinajstić information content (AvgIpc) is 2.53. The number of benzene rings is 2. The van der Waals surface area contributed by atoms with Gasteiger partial charge in [-0.15, -0.1) is 0 Å². The number of aryl methyl sites for hydroxylation is 1. The SMILES string of the molecule is CC(NC(=O)c1ccc(CCC(C)(C)O)cc1)c1ccc(O)cc1. The summed E-state index contributed by atoms with van der Waals surface area (Å²) in [4.78, 5) is 12.3. The second kappa shape index (κ2) is 7.49. The Labute approximate surface area is 143 Å². The van der Waals surface area contributed by atoms with Gasteiger partial charge in [-0.2, -0.15) is 0 Å². The molecule has 0 saturated carbocycles. The number of hydrogen-bond donors (Lipinski definition) is 3. The minimum absolute atomic E-state index is 0.135. The van der Waals surface area contributed by atoms with Crippen LogP contribution in [-0.4, -0.2) is 21.7 Å². The van der Waals surface area contributed by atoms with Crippen molar-refractivity contribution in [3.05, 3.63) is 65.2 Å². The van der Waals surface area contributed by atoms with Crippen LogP contribution in [0.25, 0.3) is 0 Å². The van der Waals surface area contributed by atoms with Crippen molar-refractivity contribution in [1.29, 1.82) is 0 Å². The fourth-order valence-corrected chi connectivity index (χ4v) is 2.40. The van der Waals surface area contributed by atoms with Gasteiger partial charge in [-0.25, -0.2) is 0 Å². The van der Waals surface area contributed by atoms with Gasteiger partial charge < -0.3 is 15.5 Å². The first-order chi connectivity index (χ1) is 11.2. The first kappa shape index (κ1) is 18.0. The van der Waals surface area contributed by atoms with E-state index in [9.17, 15) is 15.0 Å². The molecular formula is C20H25NO3. The lowest BCUT2D eigenvalue weighted by atomic mass is 9.98. The zero-order valence-electron chi connectivity index (χ0n) is 14.4. The van der Waals surface area contributed by atoms with E-state index in [0.717, 1.165) is 17.5 Å². The Morgan fingerprint density at radius 2 is 1.67 bits per heavy atom. The number of nitrogens with one attached hydrogen (secondary N) is 1. The summed E-state index contributed by atoms with van der Waals surface area (Å²) in [6, 6.07) is 14.1. The van der Waals surface area contributed by atoms with Crippen LogP contribution in [0.5, 0.6) is 5.75 Å². The Balaban J connectivity index is 1.96. The summed E-state index contributed by atoms with van der Waals surface area (Å²) in [5.74, 6) is 0.0727. The third-order valence-electron chi connectivity index (χ3n) is 3.98. The van der Waals surface area contributed by atoms with Crippen molar-refractivity contribution in [2.75, 3.05) is 0 Å². The molecule has 2 aromatic carbocycles. The third-order valence-corrected chi connectivity index (χ3v) is 3.98. The van der Waals surface area contributed by atoms with Crippen molar-refractivity contribution >= 4 is 5.91 Å². The van der Waals surface area contributed by atoms with E-state index >= 15 is 0 Å². The van der Waals surface area contributed by atoms with Crippen LogP contribution in [0, 0.1) is 0 Å². The van der Waals surface area contributed by atoms with Gasteiger partial charge in [-0.05, 0) is 69.0 Å². The lowest BCUT2D eigenvalue weighted by Crippen LogP contribution is -2.26. The highest BCUT2D eigenvalue weighted by molar-refractivity contribution is 5.94. The number of phenols is 1. The average molecular weight is 327 g/mol. The fourth-order valence-electron chi connectivity index (χ4n) is 2.40. The van der Waals surface area contributed by atoms with E-state index in [1.54, 1.807) is 50.2 Å². The van der Waals surface area contributed by atoms with Crippen LogP contribution in [-0.2, 0) is 6.42 Å². The van der Waals surface area contributed by atoms with E-state index in [4.69, 9.17) is 0 Å². The third kappa shape index (κ3) is 5.39. The zero-order chi connectivity index (χ0) is 17.7. The summed E-state index contributed by atoms with van der Waals surface area (Å²) in [6.07, 6.45) is 1.45. The van der Waals surface area contributed by atoms with E-state index in [1.165, 1.54) is 0 Å². The monoisotopic (exact) mass is 327 g/mol. The van der Waals surface area contributed by atoms with Crippen LogP contribution >= 0.6 is 0 Å². The highest BCUT2D eigenvalue weighted by Crippen LogP contribution is 2.18. The van der Waals surface area contributed by atoms with Crippen molar-refractivity contribution in [1.82, 2.24) is 5.32 Å². The van der Waals surface area contributed by atoms with Gasteiger partial charge in [0.2, 0.25) is 0 Å². The number of aliphatic hydroxyl groups is 1. The van der Waals surface area contributed by atoms with Gasteiger partial charge in [0.1, 0.15) is 5.75 Å².